The van der Waals surface area contributed by atoms with Crippen LogP contribution in [0, 0.1) is 5.82 Å². The Morgan fingerprint density at radius 1 is 1.00 bits per heavy atom. The summed E-state index contributed by atoms with van der Waals surface area (Å²) in [4.78, 5) is 4.21. The van der Waals surface area contributed by atoms with E-state index in [2.05, 4.69) is 26.2 Å². The third-order valence-corrected chi connectivity index (χ3v) is 7.13. The first-order valence-corrected chi connectivity index (χ1v) is 12.3. The van der Waals surface area contributed by atoms with Crippen molar-refractivity contribution in [1.29, 1.82) is 0 Å². The van der Waals surface area contributed by atoms with Crippen LogP contribution in [-0.4, -0.2) is 27.1 Å². The number of hydrogen-bond donors (Lipinski definition) is 1. The second kappa shape index (κ2) is 9.76. The number of halogens is 2. The first-order chi connectivity index (χ1) is 15.9. The van der Waals surface area contributed by atoms with Gasteiger partial charge in [0.1, 0.15) is 11.6 Å². The monoisotopic (exact) mass is 530 g/mol. The molecular weight excluding hydrogens is 511 g/mol. The topological polar surface area (TPSA) is 81.4 Å². The molecule has 0 saturated heterocycles. The lowest BCUT2D eigenvalue weighted by molar-refractivity contribution is 0.414. The smallest absolute Gasteiger partial charge is 0.233 e. The minimum absolute atomic E-state index is 0.0331. The van der Waals surface area contributed by atoms with Gasteiger partial charge in [-0.3, -0.25) is 0 Å². The first kappa shape index (κ1) is 23.0. The number of rotatable bonds is 8. The lowest BCUT2D eigenvalue weighted by Gasteiger charge is -2.07. The van der Waals surface area contributed by atoms with Gasteiger partial charge in [-0.15, -0.1) is 0 Å². The first-order valence-electron chi connectivity index (χ1n) is 10.0. The largest absolute Gasteiger partial charge is 0.497 e. The van der Waals surface area contributed by atoms with E-state index in [1.807, 2.05) is 36.4 Å². The number of oxazole rings is 1. The quantitative estimate of drug-likeness (QED) is 0.292. The number of nitrogens with one attached hydrogen (secondary N) is 1. The fourth-order valence-electron chi connectivity index (χ4n) is 3.15. The SMILES string of the molecule is COc1ccc(CCNc2oc(-c3ccc(Br)cc3)nc2S(=O)(=O)c2ccc(F)cc2)cc1. The van der Waals surface area contributed by atoms with Crippen LogP contribution in [0.25, 0.3) is 11.5 Å². The maximum absolute atomic E-state index is 13.3. The highest BCUT2D eigenvalue weighted by atomic mass is 79.9. The fourth-order valence-corrected chi connectivity index (χ4v) is 4.70. The number of anilines is 1. The molecule has 0 fully saturated rings. The van der Waals surface area contributed by atoms with Crippen molar-refractivity contribution < 1.29 is 22.0 Å². The molecule has 4 rings (SSSR count). The Morgan fingerprint density at radius 3 is 2.30 bits per heavy atom. The van der Waals surface area contributed by atoms with Crippen LogP contribution >= 0.6 is 15.9 Å². The third kappa shape index (κ3) is 5.26. The van der Waals surface area contributed by atoms with Crippen LogP contribution in [-0.2, 0) is 16.3 Å². The maximum atomic E-state index is 13.3. The zero-order valence-electron chi connectivity index (χ0n) is 17.6. The molecule has 0 saturated carbocycles. The number of ether oxygens (including phenoxy) is 1. The highest BCUT2D eigenvalue weighted by Gasteiger charge is 2.28. The number of sulfone groups is 1. The Balaban J connectivity index is 1.64. The van der Waals surface area contributed by atoms with Crippen molar-refractivity contribution in [1.82, 2.24) is 4.98 Å². The zero-order valence-corrected chi connectivity index (χ0v) is 20.0. The normalized spacial score (nSPS) is 11.4. The molecule has 0 spiro atoms. The lowest BCUT2D eigenvalue weighted by atomic mass is 10.1. The van der Waals surface area contributed by atoms with E-state index in [9.17, 15) is 12.8 Å². The standard InChI is InChI=1S/C24H20BrFN2O4S/c1-31-20-10-2-16(3-11-20)14-15-27-23-24(33(29,30)21-12-8-19(26)9-13-21)28-22(32-23)17-4-6-18(25)7-5-17/h2-13,27H,14-15H2,1H3. The molecule has 0 amide bonds. The summed E-state index contributed by atoms with van der Waals surface area (Å²) >= 11 is 3.37. The molecule has 6 nitrogen and oxygen atoms in total. The zero-order chi connectivity index (χ0) is 23.4. The van der Waals surface area contributed by atoms with Gasteiger partial charge in [0, 0.05) is 16.6 Å². The maximum Gasteiger partial charge on any atom is 0.233 e. The molecule has 4 aromatic rings. The summed E-state index contributed by atoms with van der Waals surface area (Å²) in [6.45, 7) is 0.410. The second-order valence-electron chi connectivity index (χ2n) is 7.14. The predicted octanol–water partition coefficient (Wildman–Crippen LogP) is 5.74. The molecule has 9 heteroatoms. The van der Waals surface area contributed by atoms with Gasteiger partial charge in [-0.1, -0.05) is 28.1 Å². The van der Waals surface area contributed by atoms with Crippen LogP contribution in [0.15, 0.2) is 91.6 Å². The van der Waals surface area contributed by atoms with Gasteiger partial charge in [0.25, 0.3) is 0 Å². The molecule has 0 aliphatic heterocycles. The number of nitrogens with zero attached hydrogens (tertiary/aromatic N) is 1. The van der Waals surface area contributed by atoms with Crippen LogP contribution in [0.2, 0.25) is 0 Å². The highest BCUT2D eigenvalue weighted by Crippen LogP contribution is 2.33. The Labute approximate surface area is 199 Å². The molecule has 170 valence electrons. The summed E-state index contributed by atoms with van der Waals surface area (Å²) in [5, 5.41) is 2.81. The van der Waals surface area contributed by atoms with Gasteiger partial charge in [-0.2, -0.15) is 4.98 Å². The van der Waals surface area contributed by atoms with E-state index in [0.29, 0.717) is 18.5 Å². The molecule has 0 aliphatic carbocycles. The van der Waals surface area contributed by atoms with Gasteiger partial charge < -0.3 is 14.5 Å². The summed E-state index contributed by atoms with van der Waals surface area (Å²) in [7, 11) is -2.44. The summed E-state index contributed by atoms with van der Waals surface area (Å²) < 4.78 is 51.7. The molecule has 0 atom stereocenters. The summed E-state index contributed by atoms with van der Waals surface area (Å²) in [6, 6.07) is 19.4. The van der Waals surface area contributed by atoms with E-state index in [0.717, 1.165) is 27.9 Å². The average molecular weight is 531 g/mol. The van der Waals surface area contributed by atoms with Gasteiger partial charge in [0.15, 0.2) is 0 Å². The molecule has 1 N–H and O–H groups in total. The fraction of sp³-hybridized carbons (Fsp3) is 0.125. The number of benzene rings is 3. The van der Waals surface area contributed by atoms with Crippen LogP contribution in [0.4, 0.5) is 10.3 Å². The molecule has 3 aromatic carbocycles. The van der Waals surface area contributed by atoms with Gasteiger partial charge >= 0.3 is 0 Å². The minimum Gasteiger partial charge on any atom is -0.497 e. The number of aromatic nitrogens is 1. The molecule has 1 aromatic heterocycles. The average Bonchev–Trinajstić information content (AvgIpc) is 3.25. The van der Waals surface area contributed by atoms with Crippen LogP contribution in [0.5, 0.6) is 5.75 Å². The van der Waals surface area contributed by atoms with Crippen molar-refractivity contribution in [2.24, 2.45) is 0 Å². The van der Waals surface area contributed by atoms with Gasteiger partial charge in [0.2, 0.25) is 26.6 Å². The Kier molecular flexibility index (Phi) is 6.80. The lowest BCUT2D eigenvalue weighted by Crippen LogP contribution is -2.10. The summed E-state index contributed by atoms with van der Waals surface area (Å²) in [5.74, 6) is 0.428. The van der Waals surface area contributed by atoms with Crippen molar-refractivity contribution in [2.75, 3.05) is 19.0 Å². The Hall–Kier alpha value is -3.17. The van der Waals surface area contributed by atoms with Gasteiger partial charge in [-0.05, 0) is 72.6 Å². The van der Waals surface area contributed by atoms with Crippen molar-refractivity contribution in [3.63, 3.8) is 0 Å². The second-order valence-corrected chi connectivity index (χ2v) is 9.92. The minimum atomic E-state index is -4.05. The van der Waals surface area contributed by atoms with E-state index < -0.39 is 15.7 Å². The van der Waals surface area contributed by atoms with Crippen LogP contribution in [0.1, 0.15) is 5.56 Å². The van der Waals surface area contributed by atoms with E-state index in [1.54, 1.807) is 19.2 Å². The van der Waals surface area contributed by atoms with Crippen LogP contribution < -0.4 is 10.1 Å². The van der Waals surface area contributed by atoms with Crippen molar-refractivity contribution >= 4 is 31.7 Å². The number of hydrogen-bond acceptors (Lipinski definition) is 6. The molecule has 0 unspecified atom stereocenters. The molecule has 0 radical (unpaired) electrons. The van der Waals surface area contributed by atoms with Crippen LogP contribution in [0.3, 0.4) is 0 Å². The van der Waals surface area contributed by atoms with E-state index >= 15 is 0 Å². The Morgan fingerprint density at radius 2 is 1.67 bits per heavy atom. The molecular formula is C24H20BrFN2O4S. The molecule has 0 aliphatic rings. The molecule has 0 bridgehead atoms. The van der Waals surface area contributed by atoms with E-state index in [-0.39, 0.29) is 21.7 Å². The Bertz CT molecular complexity index is 1340. The third-order valence-electron chi connectivity index (χ3n) is 4.92. The van der Waals surface area contributed by atoms with Crippen molar-refractivity contribution in [3.8, 4) is 17.2 Å². The molecule has 1 heterocycles. The highest BCUT2D eigenvalue weighted by molar-refractivity contribution is 9.10. The number of methoxy groups -OCH3 is 1. The van der Waals surface area contributed by atoms with Crippen molar-refractivity contribution in [3.05, 3.63) is 88.6 Å². The van der Waals surface area contributed by atoms with E-state index in [1.165, 1.54) is 12.1 Å². The van der Waals surface area contributed by atoms with Gasteiger partial charge in [-0.25, -0.2) is 12.8 Å². The summed E-state index contributed by atoms with van der Waals surface area (Å²) in [6.07, 6.45) is 0.619. The molecule has 33 heavy (non-hydrogen) atoms. The van der Waals surface area contributed by atoms with Crippen molar-refractivity contribution in [2.45, 2.75) is 16.3 Å². The summed E-state index contributed by atoms with van der Waals surface area (Å²) in [5.41, 5.74) is 1.66. The van der Waals surface area contributed by atoms with E-state index in [4.69, 9.17) is 9.15 Å². The van der Waals surface area contributed by atoms with Gasteiger partial charge in [0.05, 0.1) is 12.0 Å². The predicted molar refractivity (Wildman–Crippen MR) is 127 cm³/mol.